The van der Waals surface area contributed by atoms with Crippen LogP contribution < -0.4 is 14.2 Å². The van der Waals surface area contributed by atoms with Crippen molar-refractivity contribution in [3.8, 4) is 23.0 Å². The molecule has 2 aromatic rings. The van der Waals surface area contributed by atoms with Crippen LogP contribution in [0.5, 0.6) is 23.0 Å². The third-order valence-electron chi connectivity index (χ3n) is 6.65. The Labute approximate surface area is 258 Å². The second-order valence-corrected chi connectivity index (χ2v) is 10.3. The first kappa shape index (κ1) is 33.1. The van der Waals surface area contributed by atoms with E-state index in [-0.39, 0.29) is 23.5 Å². The number of aromatic hydroxyl groups is 1. The minimum atomic E-state index is -1.51. The lowest BCUT2D eigenvalue weighted by atomic mass is 9.98. The van der Waals surface area contributed by atoms with Crippen LogP contribution in [-0.4, -0.2) is 85.3 Å². The Hall–Kier alpha value is -4.85. The molecule has 0 radical (unpaired) electrons. The summed E-state index contributed by atoms with van der Waals surface area (Å²) in [5.74, 6) is -2.71. The Balaban J connectivity index is 1.57. The minimum Gasteiger partial charge on any atom is -0.507 e. The lowest BCUT2D eigenvalue weighted by Gasteiger charge is -2.43. The lowest BCUT2D eigenvalue weighted by molar-refractivity contribution is -0.288. The van der Waals surface area contributed by atoms with Crippen LogP contribution in [0.15, 0.2) is 36.4 Å². The van der Waals surface area contributed by atoms with Crippen molar-refractivity contribution in [3.05, 3.63) is 47.5 Å². The molecule has 2 aromatic carbocycles. The molecule has 1 N–H and O–H groups in total. The van der Waals surface area contributed by atoms with Gasteiger partial charge in [0.2, 0.25) is 12.4 Å². The van der Waals surface area contributed by atoms with Gasteiger partial charge in [0.05, 0.1) is 18.8 Å². The number of hydrogen-bond donors (Lipinski definition) is 1. The summed E-state index contributed by atoms with van der Waals surface area (Å²) >= 11 is 0. The van der Waals surface area contributed by atoms with E-state index in [1.165, 1.54) is 12.1 Å². The number of fused-ring (bicyclic) bond motifs is 1. The summed E-state index contributed by atoms with van der Waals surface area (Å²) in [6, 6.07) is 9.08. The van der Waals surface area contributed by atoms with Crippen molar-refractivity contribution in [3.63, 3.8) is 0 Å². The molecule has 14 nitrogen and oxygen atoms in total. The molecule has 1 fully saturated rings. The maximum Gasteiger partial charge on any atom is 0.303 e. The van der Waals surface area contributed by atoms with Crippen molar-refractivity contribution in [2.75, 3.05) is 19.8 Å². The summed E-state index contributed by atoms with van der Waals surface area (Å²) in [5.41, 5.74) is 0.664. The average molecular weight is 631 g/mol. The smallest absolute Gasteiger partial charge is 0.303 e. The summed E-state index contributed by atoms with van der Waals surface area (Å²) in [7, 11) is 0. The lowest BCUT2D eigenvalue weighted by Crippen LogP contribution is -2.63. The largest absolute Gasteiger partial charge is 0.507 e. The van der Waals surface area contributed by atoms with Crippen molar-refractivity contribution in [1.29, 1.82) is 0 Å². The number of phenols is 1. The summed E-state index contributed by atoms with van der Waals surface area (Å²) in [5, 5.41) is 10.8. The van der Waals surface area contributed by atoms with Crippen molar-refractivity contribution >= 4 is 29.7 Å². The van der Waals surface area contributed by atoms with Crippen LogP contribution >= 0.6 is 0 Å². The number of phenolic OH excluding ortho intramolecular Hbond substituents is 1. The van der Waals surface area contributed by atoms with E-state index >= 15 is 0 Å². The van der Waals surface area contributed by atoms with Gasteiger partial charge in [-0.2, -0.15) is 0 Å². The van der Waals surface area contributed by atoms with Crippen LogP contribution in [0.25, 0.3) is 0 Å². The summed E-state index contributed by atoms with van der Waals surface area (Å²) in [6.07, 6.45) is -6.27. The first-order valence-electron chi connectivity index (χ1n) is 14.1. The van der Waals surface area contributed by atoms with Gasteiger partial charge in [-0.1, -0.05) is 6.07 Å². The molecule has 242 valence electrons. The van der Waals surface area contributed by atoms with E-state index in [1.807, 2.05) is 0 Å². The minimum absolute atomic E-state index is 0.0102. The predicted octanol–water partition coefficient (Wildman–Crippen LogP) is 2.44. The fourth-order valence-corrected chi connectivity index (χ4v) is 4.84. The molecule has 0 aromatic heterocycles. The molecule has 45 heavy (non-hydrogen) atoms. The van der Waals surface area contributed by atoms with E-state index in [2.05, 4.69) is 0 Å². The topological polar surface area (TPSA) is 179 Å². The first-order chi connectivity index (χ1) is 21.4. The number of ether oxygens (including phenoxy) is 8. The van der Waals surface area contributed by atoms with Gasteiger partial charge in [0.15, 0.2) is 29.5 Å². The number of ketones is 1. The number of esters is 4. The Morgan fingerprint density at radius 1 is 0.778 bits per heavy atom. The normalized spacial score (nSPS) is 22.3. The number of Topliss-reactive ketones (excluding diaryl/α,β-unsaturated/α-hetero) is 1. The first-order valence-corrected chi connectivity index (χ1v) is 14.1. The Morgan fingerprint density at radius 3 is 2.07 bits per heavy atom. The fraction of sp³-hybridized carbons (Fsp3) is 0.452. The molecule has 0 aliphatic carbocycles. The zero-order chi connectivity index (χ0) is 32.7. The molecular formula is C31H34O14. The van der Waals surface area contributed by atoms with Gasteiger partial charge in [0.1, 0.15) is 24.2 Å². The van der Waals surface area contributed by atoms with Crippen molar-refractivity contribution in [1.82, 2.24) is 0 Å². The molecule has 5 atom stereocenters. The molecule has 2 heterocycles. The second-order valence-electron chi connectivity index (χ2n) is 10.3. The van der Waals surface area contributed by atoms with Gasteiger partial charge in [-0.15, -0.1) is 0 Å². The van der Waals surface area contributed by atoms with Crippen LogP contribution in [0.2, 0.25) is 0 Å². The summed E-state index contributed by atoms with van der Waals surface area (Å²) in [6.45, 7) is 5.06. The number of rotatable bonds is 10. The molecular weight excluding hydrogens is 596 g/mol. The molecule has 0 amide bonds. The molecule has 2 aliphatic rings. The molecule has 0 bridgehead atoms. The molecule has 14 heteroatoms. The monoisotopic (exact) mass is 630 g/mol. The van der Waals surface area contributed by atoms with E-state index in [9.17, 15) is 29.1 Å². The Kier molecular flexibility index (Phi) is 10.8. The number of hydrogen-bond acceptors (Lipinski definition) is 14. The van der Waals surface area contributed by atoms with E-state index in [0.29, 0.717) is 30.3 Å². The van der Waals surface area contributed by atoms with Gasteiger partial charge >= 0.3 is 23.9 Å². The van der Waals surface area contributed by atoms with E-state index < -0.39 is 66.9 Å². The average Bonchev–Trinajstić information content (AvgIpc) is 3.19. The van der Waals surface area contributed by atoms with Crippen LogP contribution in [0.3, 0.4) is 0 Å². The molecule has 0 spiro atoms. The fourth-order valence-electron chi connectivity index (χ4n) is 4.84. The Bertz CT molecular complexity index is 1440. The predicted molar refractivity (Wildman–Crippen MR) is 151 cm³/mol. The Morgan fingerprint density at radius 2 is 1.42 bits per heavy atom. The van der Waals surface area contributed by atoms with Gasteiger partial charge in [-0.25, -0.2) is 0 Å². The van der Waals surface area contributed by atoms with Gasteiger partial charge in [-0.05, 0) is 29.8 Å². The van der Waals surface area contributed by atoms with E-state index in [4.69, 9.17) is 37.9 Å². The third-order valence-corrected chi connectivity index (χ3v) is 6.65. The van der Waals surface area contributed by atoms with Crippen LogP contribution in [0.4, 0.5) is 0 Å². The third kappa shape index (κ3) is 8.85. The zero-order valence-electron chi connectivity index (χ0n) is 25.1. The van der Waals surface area contributed by atoms with Gasteiger partial charge in [-0.3, -0.25) is 24.0 Å². The maximum absolute atomic E-state index is 13.1. The van der Waals surface area contributed by atoms with Crippen LogP contribution in [-0.2, 0) is 49.3 Å². The molecule has 0 unspecified atom stereocenters. The maximum atomic E-state index is 13.1. The highest BCUT2D eigenvalue weighted by atomic mass is 16.7. The van der Waals surface area contributed by atoms with Crippen LogP contribution in [0, 0.1) is 0 Å². The second kappa shape index (κ2) is 14.8. The van der Waals surface area contributed by atoms with Crippen molar-refractivity contribution in [2.45, 2.75) is 71.2 Å². The standard InChI is InChI=1S/C31H34O14/c1-16(32)40-15-27-28(41-17(2)33)29(42-18(3)34)30(43-19(4)35)31(45-27)44-21-7-8-22(24(37)14-21)23(36)12-20-6-9-25-26(13-20)39-11-5-10-38-25/h6-9,13-14,27-31,37H,5,10-12,15H2,1-4H3/t27-,28-,29-,30+,31+/m1/s1. The molecule has 2 aliphatic heterocycles. The highest BCUT2D eigenvalue weighted by Gasteiger charge is 2.53. The highest BCUT2D eigenvalue weighted by Crippen LogP contribution is 2.34. The van der Waals surface area contributed by atoms with Gasteiger partial charge < -0.3 is 43.0 Å². The molecule has 0 saturated carbocycles. The van der Waals surface area contributed by atoms with E-state index in [0.717, 1.165) is 40.2 Å². The summed E-state index contributed by atoms with van der Waals surface area (Å²) in [4.78, 5) is 60.6. The molecule has 4 rings (SSSR count). The number of benzene rings is 2. The van der Waals surface area contributed by atoms with Gasteiger partial charge in [0.25, 0.3) is 0 Å². The van der Waals surface area contributed by atoms with E-state index in [1.54, 1.807) is 18.2 Å². The van der Waals surface area contributed by atoms with Crippen molar-refractivity contribution in [2.24, 2.45) is 0 Å². The SMILES string of the molecule is CC(=O)OC[C@H]1O[C@H](Oc2ccc(C(=O)Cc3ccc4c(c3)OCCCO4)c(O)c2)[C@@H](OC(C)=O)[C@H](OC(C)=O)[C@@H]1OC(C)=O. The van der Waals surface area contributed by atoms with Crippen LogP contribution in [0.1, 0.15) is 50.0 Å². The number of carbonyl (C=O) groups excluding carboxylic acids is 5. The van der Waals surface area contributed by atoms with Gasteiger partial charge in [0, 0.05) is 46.6 Å². The highest BCUT2D eigenvalue weighted by molar-refractivity contribution is 6.00. The summed E-state index contributed by atoms with van der Waals surface area (Å²) < 4.78 is 44.3. The van der Waals surface area contributed by atoms with Crippen molar-refractivity contribution < 1.29 is 67.0 Å². The number of carbonyl (C=O) groups is 5. The zero-order valence-corrected chi connectivity index (χ0v) is 25.1. The molecule has 1 saturated heterocycles. The quantitative estimate of drug-likeness (QED) is 0.230.